The number of rotatable bonds is 7. The molecule has 0 saturated carbocycles. The van der Waals surface area contributed by atoms with Gasteiger partial charge in [0.15, 0.2) is 0 Å². The molecule has 0 aliphatic rings. The highest BCUT2D eigenvalue weighted by atomic mass is 32.1. The molecule has 0 saturated heterocycles. The maximum atomic E-state index is 13.1. The van der Waals surface area contributed by atoms with Crippen LogP contribution >= 0.6 is 34.0 Å². The Morgan fingerprint density at radius 1 is 1.00 bits per heavy atom. The van der Waals surface area contributed by atoms with Gasteiger partial charge in [0.05, 0.1) is 30.1 Å². The van der Waals surface area contributed by atoms with E-state index in [0.29, 0.717) is 30.4 Å². The normalized spacial score (nSPS) is 11.0. The van der Waals surface area contributed by atoms with Gasteiger partial charge in [-0.2, -0.15) is 0 Å². The van der Waals surface area contributed by atoms with Crippen molar-refractivity contribution < 1.29 is 9.21 Å². The van der Waals surface area contributed by atoms with Gasteiger partial charge in [-0.05, 0) is 41.3 Å². The van der Waals surface area contributed by atoms with E-state index in [1.54, 1.807) is 34.0 Å². The highest BCUT2D eigenvalue weighted by Gasteiger charge is 2.20. The molecule has 0 bridgehead atoms. The van der Waals surface area contributed by atoms with Crippen LogP contribution in [0.4, 0.5) is 0 Å². The van der Waals surface area contributed by atoms with Crippen LogP contribution in [0.25, 0.3) is 10.8 Å². The number of nitrogens with zero attached hydrogens (tertiary/aromatic N) is 2. The van der Waals surface area contributed by atoms with Gasteiger partial charge in [-0.3, -0.25) is 4.79 Å². The third-order valence-corrected chi connectivity index (χ3v) is 6.73. The molecule has 4 heterocycles. The molecule has 0 spiro atoms. The minimum Gasteiger partial charge on any atom is -0.440 e. The fraction of sp³-hybridized carbons (Fsp3) is 0.200. The van der Waals surface area contributed by atoms with E-state index in [1.165, 1.54) is 9.75 Å². The van der Waals surface area contributed by atoms with Crippen molar-refractivity contribution in [2.24, 2.45) is 0 Å². The first kappa shape index (κ1) is 18.2. The number of hydrogen-bond acceptors (Lipinski definition) is 6. The predicted molar refractivity (Wildman–Crippen MR) is 111 cm³/mol. The van der Waals surface area contributed by atoms with Crippen molar-refractivity contribution in [2.45, 2.75) is 26.4 Å². The van der Waals surface area contributed by atoms with E-state index in [2.05, 4.69) is 17.1 Å². The fourth-order valence-corrected chi connectivity index (χ4v) is 4.85. The molecule has 0 fully saturated rings. The molecule has 4 aromatic heterocycles. The molecule has 0 N–H and O–H groups in total. The van der Waals surface area contributed by atoms with Crippen molar-refractivity contribution in [1.29, 1.82) is 0 Å². The number of oxazole rings is 1. The van der Waals surface area contributed by atoms with Crippen LogP contribution in [0.15, 0.2) is 57.0 Å². The second kappa shape index (κ2) is 8.21. The Labute approximate surface area is 169 Å². The number of carbonyl (C=O) groups is 1. The van der Waals surface area contributed by atoms with Gasteiger partial charge in [-0.1, -0.05) is 18.2 Å². The van der Waals surface area contributed by atoms with E-state index in [1.807, 2.05) is 52.2 Å². The quantitative estimate of drug-likeness (QED) is 0.395. The Kier molecular flexibility index (Phi) is 5.52. The average molecular weight is 415 g/mol. The number of carbonyl (C=O) groups excluding carboxylic acids is 1. The zero-order valence-electron chi connectivity index (χ0n) is 14.8. The van der Waals surface area contributed by atoms with Crippen LogP contribution in [0.3, 0.4) is 0 Å². The second-order valence-electron chi connectivity index (χ2n) is 6.08. The number of hydrogen-bond donors (Lipinski definition) is 0. The van der Waals surface area contributed by atoms with Gasteiger partial charge in [-0.15, -0.1) is 34.0 Å². The summed E-state index contributed by atoms with van der Waals surface area (Å²) in [7, 11) is 0. The van der Waals surface area contributed by atoms with Crippen molar-refractivity contribution in [3.8, 4) is 10.8 Å². The average Bonchev–Trinajstić information content (AvgIpc) is 3.44. The van der Waals surface area contributed by atoms with Crippen molar-refractivity contribution in [2.75, 3.05) is 0 Å². The zero-order valence-corrected chi connectivity index (χ0v) is 17.2. The van der Waals surface area contributed by atoms with Crippen molar-refractivity contribution in [3.63, 3.8) is 0 Å². The highest BCUT2D eigenvalue weighted by Crippen LogP contribution is 2.26. The van der Waals surface area contributed by atoms with Crippen molar-refractivity contribution in [1.82, 2.24) is 9.88 Å². The maximum absolute atomic E-state index is 13.1. The lowest BCUT2D eigenvalue weighted by molar-refractivity contribution is -0.131. The van der Waals surface area contributed by atoms with Crippen LogP contribution in [0.5, 0.6) is 0 Å². The summed E-state index contributed by atoms with van der Waals surface area (Å²) in [5.74, 6) is 1.36. The van der Waals surface area contributed by atoms with E-state index in [4.69, 9.17) is 4.42 Å². The minimum absolute atomic E-state index is 0.0610. The van der Waals surface area contributed by atoms with Gasteiger partial charge >= 0.3 is 0 Å². The number of amides is 1. The molecule has 0 aromatic carbocycles. The fourth-order valence-electron chi connectivity index (χ4n) is 2.77. The summed E-state index contributed by atoms with van der Waals surface area (Å²) < 4.78 is 5.78. The van der Waals surface area contributed by atoms with Crippen LogP contribution in [0.2, 0.25) is 0 Å². The predicted octanol–water partition coefficient (Wildman–Crippen LogP) is 5.61. The van der Waals surface area contributed by atoms with Crippen LogP contribution in [0.1, 0.15) is 21.2 Å². The summed E-state index contributed by atoms with van der Waals surface area (Å²) in [5, 5.41) is 6.07. The van der Waals surface area contributed by atoms with E-state index >= 15 is 0 Å². The number of aryl methyl sites for hydroxylation is 1. The van der Waals surface area contributed by atoms with Crippen LogP contribution in [0, 0.1) is 6.92 Å². The van der Waals surface area contributed by atoms with E-state index in [9.17, 15) is 4.79 Å². The maximum Gasteiger partial charge on any atom is 0.236 e. The van der Waals surface area contributed by atoms with Gasteiger partial charge in [-0.25, -0.2) is 4.98 Å². The summed E-state index contributed by atoms with van der Waals surface area (Å²) in [6, 6.07) is 12.1. The third kappa shape index (κ3) is 4.37. The minimum atomic E-state index is 0.0610. The molecule has 7 heteroatoms. The van der Waals surface area contributed by atoms with Gasteiger partial charge in [0, 0.05) is 9.75 Å². The molecule has 0 radical (unpaired) electrons. The lowest BCUT2D eigenvalue weighted by atomic mass is 10.2. The molecule has 27 heavy (non-hydrogen) atoms. The zero-order chi connectivity index (χ0) is 18.6. The molecular formula is C20H18N2O2S3. The third-order valence-electron chi connectivity index (χ3n) is 4.15. The summed E-state index contributed by atoms with van der Waals surface area (Å²) >= 11 is 4.92. The number of thiophene rings is 3. The van der Waals surface area contributed by atoms with E-state index < -0.39 is 0 Å². The monoisotopic (exact) mass is 414 g/mol. The topological polar surface area (TPSA) is 46.3 Å². The SMILES string of the molecule is Cc1oc(-c2cccs2)nc1CC(=O)N(Cc1cccs1)Cc1cccs1. The highest BCUT2D eigenvalue weighted by molar-refractivity contribution is 7.13. The Morgan fingerprint density at radius 3 is 2.19 bits per heavy atom. The lowest BCUT2D eigenvalue weighted by Gasteiger charge is -2.21. The Balaban J connectivity index is 1.52. The lowest BCUT2D eigenvalue weighted by Crippen LogP contribution is -2.31. The molecule has 0 aliphatic carbocycles. The van der Waals surface area contributed by atoms with Gasteiger partial charge in [0.1, 0.15) is 5.76 Å². The largest absolute Gasteiger partial charge is 0.440 e. The Morgan fingerprint density at radius 2 is 1.63 bits per heavy atom. The summed E-state index contributed by atoms with van der Waals surface area (Å²) in [6.07, 6.45) is 0.247. The van der Waals surface area contributed by atoms with Crippen molar-refractivity contribution in [3.05, 3.63) is 73.7 Å². The summed E-state index contributed by atoms with van der Waals surface area (Å²) in [6.45, 7) is 3.10. The Bertz CT molecular complexity index is 950. The molecule has 4 aromatic rings. The van der Waals surface area contributed by atoms with Gasteiger partial charge < -0.3 is 9.32 Å². The standard InChI is InChI=1S/C20H18N2O2S3/c1-14-17(21-20(24-14)18-7-4-10-27-18)11-19(23)22(12-15-5-2-8-25-15)13-16-6-3-9-26-16/h2-10H,11-13H2,1H3. The molecule has 0 atom stereocenters. The van der Waals surface area contributed by atoms with Crippen LogP contribution < -0.4 is 0 Å². The number of aromatic nitrogens is 1. The van der Waals surface area contributed by atoms with Gasteiger partial charge in [0.2, 0.25) is 11.8 Å². The first-order chi connectivity index (χ1) is 13.2. The molecule has 4 nitrogen and oxygen atoms in total. The smallest absolute Gasteiger partial charge is 0.236 e. The van der Waals surface area contributed by atoms with E-state index in [-0.39, 0.29) is 12.3 Å². The molecule has 0 unspecified atom stereocenters. The second-order valence-corrected chi connectivity index (χ2v) is 9.10. The molecule has 4 rings (SSSR count). The first-order valence-corrected chi connectivity index (χ1v) is 11.2. The first-order valence-electron chi connectivity index (χ1n) is 8.52. The summed E-state index contributed by atoms with van der Waals surface area (Å²) in [4.78, 5) is 22.9. The molecular weight excluding hydrogens is 396 g/mol. The summed E-state index contributed by atoms with van der Waals surface area (Å²) in [5.41, 5.74) is 0.714. The molecule has 0 aliphatic heterocycles. The molecule has 138 valence electrons. The van der Waals surface area contributed by atoms with Crippen LogP contribution in [-0.4, -0.2) is 15.8 Å². The van der Waals surface area contributed by atoms with E-state index in [0.717, 1.165) is 4.88 Å². The Hall–Kier alpha value is -2.22. The molecule has 1 amide bonds. The van der Waals surface area contributed by atoms with Crippen LogP contribution in [-0.2, 0) is 24.3 Å². The van der Waals surface area contributed by atoms with Gasteiger partial charge in [0.25, 0.3) is 0 Å². The van der Waals surface area contributed by atoms with Crippen molar-refractivity contribution >= 4 is 39.9 Å².